The van der Waals surface area contributed by atoms with Crippen LogP contribution in [0.25, 0.3) is 83.2 Å². The summed E-state index contributed by atoms with van der Waals surface area (Å²) in [5.74, 6) is 1.79. The van der Waals surface area contributed by atoms with Crippen molar-refractivity contribution in [2.24, 2.45) is 0 Å². The van der Waals surface area contributed by atoms with Gasteiger partial charge in [0.05, 0.1) is 11.0 Å². The number of hydrogen-bond acceptors (Lipinski definition) is 4. The lowest BCUT2D eigenvalue weighted by Crippen LogP contribution is -2.06. The third-order valence-electron chi connectivity index (χ3n) is 8.05. The van der Waals surface area contributed by atoms with Gasteiger partial charge in [-0.25, -0.2) is 4.98 Å². The van der Waals surface area contributed by atoms with Gasteiger partial charge in [0.15, 0.2) is 11.6 Å². The minimum Gasteiger partial charge on any atom is -0.456 e. The van der Waals surface area contributed by atoms with Gasteiger partial charge in [-0.15, -0.1) is 0 Å². The number of nitrogens with zero attached hydrogens (tertiary/aromatic N) is 4. The van der Waals surface area contributed by atoms with E-state index in [0.29, 0.717) is 17.6 Å². The number of para-hydroxylation sites is 3. The summed E-state index contributed by atoms with van der Waals surface area (Å²) >= 11 is 0. The molecule has 0 unspecified atom stereocenters. The number of rotatable bonds is 3. The third-order valence-corrected chi connectivity index (χ3v) is 8.05. The largest absolute Gasteiger partial charge is 0.456 e. The Morgan fingerprint density at radius 1 is 0.476 bits per heavy atom. The van der Waals surface area contributed by atoms with Crippen molar-refractivity contribution in [1.82, 2.24) is 19.5 Å². The Balaban J connectivity index is 1.38. The average Bonchev–Trinajstić information content (AvgIpc) is 3.60. The summed E-state index contributed by atoms with van der Waals surface area (Å²) in [6, 6.07) is 45.7. The van der Waals surface area contributed by atoms with Gasteiger partial charge in [-0.3, -0.25) is 4.57 Å². The zero-order chi connectivity index (χ0) is 27.6. The normalized spacial score (nSPS) is 11.8. The first kappa shape index (κ1) is 22.9. The molecule has 0 bridgehead atoms. The van der Waals surface area contributed by atoms with E-state index in [-0.39, 0.29) is 0 Å². The molecule has 0 saturated heterocycles. The molecule has 9 aromatic rings. The lowest BCUT2D eigenvalue weighted by Gasteiger charge is -2.12. The highest BCUT2D eigenvalue weighted by Crippen LogP contribution is 2.37. The first-order valence-electron chi connectivity index (χ1n) is 14.0. The molecule has 0 aliphatic heterocycles. The lowest BCUT2D eigenvalue weighted by atomic mass is 10.1. The Bertz CT molecular complexity index is 2430. The Morgan fingerprint density at radius 3 is 1.93 bits per heavy atom. The molecule has 3 aromatic heterocycles. The minimum atomic E-state index is 0.574. The van der Waals surface area contributed by atoms with Crippen molar-refractivity contribution in [2.75, 3.05) is 0 Å². The van der Waals surface area contributed by atoms with E-state index < -0.39 is 0 Å². The fourth-order valence-corrected chi connectivity index (χ4v) is 6.14. The highest BCUT2D eigenvalue weighted by molar-refractivity contribution is 6.12. The van der Waals surface area contributed by atoms with Crippen molar-refractivity contribution in [3.05, 3.63) is 133 Å². The van der Waals surface area contributed by atoms with E-state index in [1.54, 1.807) is 0 Å². The first-order valence-corrected chi connectivity index (χ1v) is 14.0. The quantitative estimate of drug-likeness (QED) is 0.225. The van der Waals surface area contributed by atoms with E-state index in [9.17, 15) is 0 Å². The molecule has 0 spiro atoms. The van der Waals surface area contributed by atoms with Gasteiger partial charge in [0.1, 0.15) is 11.2 Å². The van der Waals surface area contributed by atoms with Gasteiger partial charge in [0.25, 0.3) is 0 Å². The second-order valence-electron chi connectivity index (χ2n) is 10.5. The van der Waals surface area contributed by atoms with Gasteiger partial charge >= 0.3 is 0 Å². The van der Waals surface area contributed by atoms with Crippen LogP contribution < -0.4 is 0 Å². The number of furan rings is 1. The molecule has 0 saturated carbocycles. The van der Waals surface area contributed by atoms with Gasteiger partial charge in [-0.05, 0) is 41.1 Å². The zero-order valence-electron chi connectivity index (χ0n) is 22.4. The summed E-state index contributed by atoms with van der Waals surface area (Å²) in [6.07, 6.45) is 0. The van der Waals surface area contributed by atoms with E-state index in [0.717, 1.165) is 60.3 Å². The van der Waals surface area contributed by atoms with Crippen LogP contribution in [0.1, 0.15) is 0 Å². The van der Waals surface area contributed by atoms with Gasteiger partial charge < -0.3 is 4.42 Å². The Labute approximate surface area is 240 Å². The Morgan fingerprint density at radius 2 is 1.12 bits per heavy atom. The maximum absolute atomic E-state index is 6.22. The summed E-state index contributed by atoms with van der Waals surface area (Å²) in [4.78, 5) is 15.4. The molecule has 0 atom stereocenters. The molecule has 0 N–H and O–H groups in total. The standard InChI is InChI=1S/C37H22N4O/c1-2-11-24-22-25(21-20-23(24)10-1)35-38-36(29-15-9-19-33-34(29)28-14-5-8-18-32(28)42-33)40-37(39-35)41-30-16-6-3-12-26(30)27-13-4-7-17-31(27)41/h1-22H. The van der Waals surface area contributed by atoms with Gasteiger partial charge in [-0.1, -0.05) is 103 Å². The van der Waals surface area contributed by atoms with Crippen molar-refractivity contribution in [2.45, 2.75) is 0 Å². The number of hydrogen-bond donors (Lipinski definition) is 0. The Hall–Kier alpha value is -5.81. The van der Waals surface area contributed by atoms with Gasteiger partial charge in [0, 0.05) is 32.7 Å². The van der Waals surface area contributed by atoms with E-state index in [4.69, 9.17) is 19.4 Å². The maximum atomic E-state index is 6.22. The molecule has 0 amide bonds. The highest BCUT2D eigenvalue weighted by Gasteiger charge is 2.20. The average molecular weight is 539 g/mol. The molecule has 5 heteroatoms. The fraction of sp³-hybridized carbons (Fsp3) is 0. The van der Waals surface area contributed by atoms with E-state index in [1.807, 2.05) is 30.3 Å². The molecule has 0 aliphatic carbocycles. The molecule has 0 aliphatic rings. The molecular formula is C37H22N4O. The molecule has 6 aromatic carbocycles. The summed E-state index contributed by atoms with van der Waals surface area (Å²) in [5.41, 5.74) is 5.58. The smallest absolute Gasteiger partial charge is 0.238 e. The second-order valence-corrected chi connectivity index (χ2v) is 10.5. The van der Waals surface area contributed by atoms with Crippen LogP contribution in [0.4, 0.5) is 0 Å². The van der Waals surface area contributed by atoms with E-state index in [2.05, 4.69) is 108 Å². The predicted molar refractivity (Wildman–Crippen MR) is 170 cm³/mol. The van der Waals surface area contributed by atoms with Crippen molar-refractivity contribution >= 4 is 54.5 Å². The monoisotopic (exact) mass is 538 g/mol. The summed E-state index contributed by atoms with van der Waals surface area (Å²) in [6.45, 7) is 0. The summed E-state index contributed by atoms with van der Waals surface area (Å²) in [5, 5.41) is 6.66. The van der Waals surface area contributed by atoms with Crippen LogP contribution >= 0.6 is 0 Å². The second kappa shape index (κ2) is 8.85. The zero-order valence-corrected chi connectivity index (χ0v) is 22.4. The Kier molecular flexibility index (Phi) is 4.83. The summed E-state index contributed by atoms with van der Waals surface area (Å²) in [7, 11) is 0. The number of fused-ring (bicyclic) bond motifs is 7. The van der Waals surface area contributed by atoms with Gasteiger partial charge in [-0.2, -0.15) is 9.97 Å². The van der Waals surface area contributed by atoms with Crippen molar-refractivity contribution in [3.63, 3.8) is 0 Å². The maximum Gasteiger partial charge on any atom is 0.238 e. The number of aromatic nitrogens is 4. The lowest BCUT2D eigenvalue weighted by molar-refractivity contribution is 0.669. The minimum absolute atomic E-state index is 0.574. The highest BCUT2D eigenvalue weighted by atomic mass is 16.3. The predicted octanol–water partition coefficient (Wildman–Crippen LogP) is 9.36. The van der Waals surface area contributed by atoms with Crippen LogP contribution in [0.5, 0.6) is 0 Å². The van der Waals surface area contributed by atoms with E-state index in [1.165, 1.54) is 5.39 Å². The topological polar surface area (TPSA) is 56.7 Å². The van der Waals surface area contributed by atoms with Crippen molar-refractivity contribution in [1.29, 1.82) is 0 Å². The molecule has 5 nitrogen and oxygen atoms in total. The molecule has 3 heterocycles. The number of benzene rings is 6. The SMILES string of the molecule is c1ccc2cc(-c3nc(-c4cccc5oc6ccccc6c45)nc(-n4c5ccccc5c5ccccc54)n3)ccc2c1. The molecule has 9 rings (SSSR count). The van der Waals surface area contributed by atoms with Crippen LogP contribution in [0.15, 0.2) is 138 Å². The molecule has 0 fully saturated rings. The van der Waals surface area contributed by atoms with Gasteiger partial charge in [0.2, 0.25) is 5.95 Å². The van der Waals surface area contributed by atoms with Crippen LogP contribution in [0, 0.1) is 0 Å². The fourth-order valence-electron chi connectivity index (χ4n) is 6.14. The third kappa shape index (κ3) is 3.40. The van der Waals surface area contributed by atoms with Crippen LogP contribution in [0.2, 0.25) is 0 Å². The molecule has 42 heavy (non-hydrogen) atoms. The van der Waals surface area contributed by atoms with E-state index >= 15 is 0 Å². The molecule has 0 radical (unpaired) electrons. The molecular weight excluding hydrogens is 516 g/mol. The first-order chi connectivity index (χ1) is 20.8. The van der Waals surface area contributed by atoms with Crippen molar-refractivity contribution in [3.8, 4) is 28.7 Å². The van der Waals surface area contributed by atoms with Crippen LogP contribution in [-0.4, -0.2) is 19.5 Å². The van der Waals surface area contributed by atoms with Crippen LogP contribution in [-0.2, 0) is 0 Å². The molecule has 196 valence electrons. The van der Waals surface area contributed by atoms with Crippen LogP contribution in [0.3, 0.4) is 0 Å². The summed E-state index contributed by atoms with van der Waals surface area (Å²) < 4.78 is 8.37. The van der Waals surface area contributed by atoms with Crippen molar-refractivity contribution < 1.29 is 4.42 Å².